The zero-order valence-corrected chi connectivity index (χ0v) is 15.5. The van der Waals surface area contributed by atoms with Crippen LogP contribution >= 0.6 is 11.3 Å². The molecule has 0 spiro atoms. The van der Waals surface area contributed by atoms with Crippen LogP contribution in [0.3, 0.4) is 0 Å². The van der Waals surface area contributed by atoms with Crippen LogP contribution in [0.5, 0.6) is 0 Å². The van der Waals surface area contributed by atoms with Crippen molar-refractivity contribution < 1.29 is 9.32 Å². The number of benzene rings is 1. The van der Waals surface area contributed by atoms with E-state index in [-0.39, 0.29) is 5.91 Å². The highest BCUT2D eigenvalue weighted by Crippen LogP contribution is 2.25. The molecular formula is C20H21N3O2S. The maximum absolute atomic E-state index is 12.7. The molecule has 26 heavy (non-hydrogen) atoms. The van der Waals surface area contributed by atoms with Crippen molar-refractivity contribution in [3.63, 3.8) is 0 Å². The van der Waals surface area contributed by atoms with Crippen molar-refractivity contribution in [3.05, 3.63) is 64.7 Å². The van der Waals surface area contributed by atoms with Crippen molar-refractivity contribution in [3.8, 4) is 10.6 Å². The summed E-state index contributed by atoms with van der Waals surface area (Å²) in [6.45, 7) is 6.25. The van der Waals surface area contributed by atoms with Gasteiger partial charge in [-0.2, -0.15) is 0 Å². The highest BCUT2D eigenvalue weighted by Gasteiger charge is 2.25. The molecule has 1 amide bonds. The lowest BCUT2D eigenvalue weighted by Gasteiger charge is -2.34. The van der Waals surface area contributed by atoms with Crippen molar-refractivity contribution in [2.24, 2.45) is 0 Å². The predicted octanol–water partition coefficient (Wildman–Crippen LogP) is 3.67. The second-order valence-corrected chi connectivity index (χ2v) is 7.50. The average molecular weight is 367 g/mol. The molecule has 6 heteroatoms. The summed E-state index contributed by atoms with van der Waals surface area (Å²) >= 11 is 1.57. The van der Waals surface area contributed by atoms with E-state index in [1.54, 1.807) is 17.4 Å². The first-order valence-corrected chi connectivity index (χ1v) is 9.65. The Morgan fingerprint density at radius 2 is 1.96 bits per heavy atom. The molecule has 2 aromatic heterocycles. The maximum atomic E-state index is 12.7. The number of nitrogens with zero attached hydrogens (tertiary/aromatic N) is 3. The molecule has 0 bridgehead atoms. The molecule has 1 aliphatic heterocycles. The Kier molecular flexibility index (Phi) is 4.86. The smallest absolute Gasteiger partial charge is 0.276 e. The molecule has 0 saturated carbocycles. The number of aryl methyl sites for hydroxylation is 1. The topological polar surface area (TPSA) is 49.6 Å². The Morgan fingerprint density at radius 1 is 1.15 bits per heavy atom. The minimum Gasteiger partial charge on any atom is -0.355 e. The van der Waals surface area contributed by atoms with Gasteiger partial charge in [0.05, 0.1) is 4.88 Å². The summed E-state index contributed by atoms with van der Waals surface area (Å²) in [5.74, 6) is 0.605. The third-order valence-corrected chi connectivity index (χ3v) is 5.69. The quantitative estimate of drug-likeness (QED) is 0.706. The van der Waals surface area contributed by atoms with Gasteiger partial charge in [-0.1, -0.05) is 35.5 Å². The monoisotopic (exact) mass is 367 g/mol. The fourth-order valence-corrected chi connectivity index (χ4v) is 3.88. The fourth-order valence-electron chi connectivity index (χ4n) is 3.21. The summed E-state index contributed by atoms with van der Waals surface area (Å²) < 4.78 is 5.34. The van der Waals surface area contributed by atoms with Gasteiger partial charge >= 0.3 is 0 Å². The van der Waals surface area contributed by atoms with Crippen molar-refractivity contribution in [2.45, 2.75) is 13.5 Å². The zero-order valence-electron chi connectivity index (χ0n) is 14.7. The number of carbonyl (C=O) groups is 1. The van der Waals surface area contributed by atoms with E-state index in [1.165, 1.54) is 11.1 Å². The molecule has 0 unspecified atom stereocenters. The number of rotatable bonds is 4. The number of piperazine rings is 1. The van der Waals surface area contributed by atoms with Gasteiger partial charge in [-0.05, 0) is 29.5 Å². The molecular weight excluding hydrogens is 346 g/mol. The summed E-state index contributed by atoms with van der Waals surface area (Å²) in [6.07, 6.45) is 0. The molecule has 134 valence electrons. The normalized spacial score (nSPS) is 15.3. The van der Waals surface area contributed by atoms with E-state index in [0.29, 0.717) is 24.5 Å². The van der Waals surface area contributed by atoms with Gasteiger partial charge in [0.15, 0.2) is 11.5 Å². The second-order valence-electron chi connectivity index (χ2n) is 6.55. The predicted molar refractivity (Wildman–Crippen MR) is 102 cm³/mol. The Bertz CT molecular complexity index is 880. The molecule has 1 aromatic carbocycles. The highest BCUT2D eigenvalue weighted by atomic mass is 32.1. The Morgan fingerprint density at radius 3 is 2.69 bits per heavy atom. The van der Waals surface area contributed by atoms with Gasteiger partial charge in [-0.3, -0.25) is 9.69 Å². The van der Waals surface area contributed by atoms with Crippen molar-refractivity contribution >= 4 is 17.2 Å². The molecule has 5 nitrogen and oxygen atoms in total. The van der Waals surface area contributed by atoms with Crippen LogP contribution in [-0.2, 0) is 6.54 Å². The molecule has 1 saturated heterocycles. The number of hydrogen-bond donors (Lipinski definition) is 0. The maximum Gasteiger partial charge on any atom is 0.276 e. The first-order valence-electron chi connectivity index (χ1n) is 8.77. The Hall–Kier alpha value is -2.44. The molecule has 0 atom stereocenters. The van der Waals surface area contributed by atoms with Crippen molar-refractivity contribution in [1.82, 2.24) is 15.0 Å². The van der Waals surface area contributed by atoms with Gasteiger partial charge < -0.3 is 9.42 Å². The standard InChI is InChI=1S/C20H21N3O2S/c1-15-5-2-3-6-16(15)14-22-8-10-23(11-9-22)20(24)17-13-18(25-21-17)19-7-4-12-26-19/h2-7,12-13H,8-11,14H2,1H3. The van der Waals surface area contributed by atoms with Gasteiger partial charge in [0.1, 0.15) is 0 Å². The minimum absolute atomic E-state index is 0.0490. The third kappa shape index (κ3) is 3.57. The lowest BCUT2D eigenvalue weighted by Crippen LogP contribution is -2.48. The van der Waals surface area contributed by atoms with Gasteiger partial charge in [0.25, 0.3) is 5.91 Å². The second kappa shape index (κ2) is 7.43. The summed E-state index contributed by atoms with van der Waals surface area (Å²) in [7, 11) is 0. The number of carbonyl (C=O) groups excluding carboxylic acids is 1. The minimum atomic E-state index is -0.0490. The van der Waals surface area contributed by atoms with Crippen LogP contribution in [0, 0.1) is 6.92 Å². The SMILES string of the molecule is Cc1ccccc1CN1CCN(C(=O)c2cc(-c3cccs3)on2)CC1. The summed E-state index contributed by atoms with van der Waals surface area (Å²) in [4.78, 5) is 17.9. The van der Waals surface area contributed by atoms with Crippen LogP contribution in [0.2, 0.25) is 0 Å². The number of aromatic nitrogens is 1. The van der Waals surface area contributed by atoms with E-state index in [2.05, 4.69) is 41.2 Å². The van der Waals surface area contributed by atoms with Crippen molar-refractivity contribution in [2.75, 3.05) is 26.2 Å². The van der Waals surface area contributed by atoms with E-state index in [4.69, 9.17) is 4.52 Å². The van der Waals surface area contributed by atoms with Gasteiger partial charge in [0, 0.05) is 38.8 Å². The Labute approximate surface area is 156 Å². The molecule has 0 radical (unpaired) electrons. The number of hydrogen-bond acceptors (Lipinski definition) is 5. The summed E-state index contributed by atoms with van der Waals surface area (Å²) in [6, 6.07) is 14.1. The van der Waals surface area contributed by atoms with E-state index < -0.39 is 0 Å². The first-order chi connectivity index (χ1) is 12.7. The van der Waals surface area contributed by atoms with E-state index in [0.717, 1.165) is 24.5 Å². The fraction of sp³-hybridized carbons (Fsp3) is 0.300. The molecule has 3 aromatic rings. The first kappa shape index (κ1) is 17.0. The lowest BCUT2D eigenvalue weighted by molar-refractivity contribution is 0.0618. The summed E-state index contributed by atoms with van der Waals surface area (Å²) in [5, 5.41) is 5.95. The largest absolute Gasteiger partial charge is 0.355 e. The molecule has 3 heterocycles. The van der Waals surface area contributed by atoms with Crippen molar-refractivity contribution in [1.29, 1.82) is 0 Å². The van der Waals surface area contributed by atoms with Crippen LogP contribution in [-0.4, -0.2) is 47.0 Å². The number of amides is 1. The number of thiophene rings is 1. The van der Waals surface area contributed by atoms with E-state index in [1.807, 2.05) is 22.4 Å². The zero-order chi connectivity index (χ0) is 17.9. The van der Waals surface area contributed by atoms with Crippen LogP contribution in [0.4, 0.5) is 0 Å². The van der Waals surface area contributed by atoms with E-state index >= 15 is 0 Å². The van der Waals surface area contributed by atoms with Crippen LogP contribution < -0.4 is 0 Å². The molecule has 0 aliphatic carbocycles. The van der Waals surface area contributed by atoms with E-state index in [9.17, 15) is 4.79 Å². The molecule has 4 rings (SSSR count). The molecule has 0 N–H and O–H groups in total. The lowest BCUT2D eigenvalue weighted by atomic mass is 10.1. The van der Waals surface area contributed by atoms with Gasteiger partial charge in [0.2, 0.25) is 0 Å². The van der Waals surface area contributed by atoms with Crippen LogP contribution in [0.1, 0.15) is 21.6 Å². The van der Waals surface area contributed by atoms with Crippen LogP contribution in [0.15, 0.2) is 52.4 Å². The summed E-state index contributed by atoms with van der Waals surface area (Å²) in [5.41, 5.74) is 3.06. The highest BCUT2D eigenvalue weighted by molar-refractivity contribution is 7.13. The average Bonchev–Trinajstić information content (AvgIpc) is 3.35. The van der Waals surface area contributed by atoms with Gasteiger partial charge in [-0.15, -0.1) is 11.3 Å². The van der Waals surface area contributed by atoms with Gasteiger partial charge in [-0.25, -0.2) is 0 Å². The molecule has 1 aliphatic rings. The van der Waals surface area contributed by atoms with Crippen LogP contribution in [0.25, 0.3) is 10.6 Å². The third-order valence-electron chi connectivity index (χ3n) is 4.81. The Balaban J connectivity index is 1.36. The molecule has 1 fully saturated rings.